The molecule has 0 aliphatic heterocycles. The van der Waals surface area contributed by atoms with Gasteiger partial charge in [0.05, 0.1) is 30.1 Å². The lowest BCUT2D eigenvalue weighted by Crippen LogP contribution is -2.08. The summed E-state index contributed by atoms with van der Waals surface area (Å²) in [6.07, 6.45) is -3.70. The molecule has 1 aromatic heterocycles. The maximum atomic E-state index is 13.2. The van der Waals surface area contributed by atoms with Gasteiger partial charge in [-0.1, -0.05) is 12.1 Å². The molecule has 0 bridgehead atoms. The third-order valence-corrected chi connectivity index (χ3v) is 2.72. The molecular weight excluding hydrogens is 290 g/mol. The van der Waals surface area contributed by atoms with Crippen molar-refractivity contribution in [1.82, 2.24) is 4.98 Å². The number of ether oxygens (including phenoxy) is 1. The van der Waals surface area contributed by atoms with Gasteiger partial charge in [0, 0.05) is 5.56 Å². The summed E-state index contributed by atoms with van der Waals surface area (Å²) in [5.74, 6) is -1.67. The molecule has 110 valence electrons. The van der Waals surface area contributed by atoms with Gasteiger partial charge in [0.25, 0.3) is 0 Å². The zero-order chi connectivity index (χ0) is 15.6. The Bertz CT molecular complexity index is 683. The summed E-state index contributed by atoms with van der Waals surface area (Å²) in [4.78, 5) is 15.3. The fourth-order valence-electron chi connectivity index (χ4n) is 1.78. The number of rotatable bonds is 2. The maximum Gasteiger partial charge on any atom is 0.416 e. The van der Waals surface area contributed by atoms with Gasteiger partial charge in [0.1, 0.15) is 5.82 Å². The Hall–Kier alpha value is -2.44. The third kappa shape index (κ3) is 3.18. The summed E-state index contributed by atoms with van der Waals surface area (Å²) < 4.78 is 55.8. The molecule has 0 amide bonds. The predicted molar refractivity (Wildman–Crippen MR) is 66.0 cm³/mol. The van der Waals surface area contributed by atoms with Crippen molar-refractivity contribution in [2.24, 2.45) is 0 Å². The SMILES string of the molecule is COC(=O)c1cc(F)cnc1-c1cccc(C(F)(F)F)c1. The quantitative estimate of drug-likeness (QED) is 0.627. The van der Waals surface area contributed by atoms with Crippen LogP contribution in [0.2, 0.25) is 0 Å². The first-order valence-corrected chi connectivity index (χ1v) is 5.74. The van der Waals surface area contributed by atoms with E-state index in [1.807, 2.05) is 0 Å². The van der Waals surface area contributed by atoms with Crippen LogP contribution in [0, 0.1) is 5.82 Å². The summed E-state index contributed by atoms with van der Waals surface area (Å²) in [6.45, 7) is 0. The van der Waals surface area contributed by atoms with Gasteiger partial charge in [-0.15, -0.1) is 0 Å². The predicted octanol–water partition coefficient (Wildman–Crippen LogP) is 3.69. The number of aromatic nitrogens is 1. The van der Waals surface area contributed by atoms with E-state index < -0.39 is 23.5 Å². The van der Waals surface area contributed by atoms with Gasteiger partial charge in [-0.3, -0.25) is 4.98 Å². The smallest absolute Gasteiger partial charge is 0.416 e. The molecule has 21 heavy (non-hydrogen) atoms. The Morgan fingerprint density at radius 2 is 1.95 bits per heavy atom. The Labute approximate surface area is 117 Å². The first-order valence-electron chi connectivity index (χ1n) is 5.74. The van der Waals surface area contributed by atoms with Gasteiger partial charge < -0.3 is 4.74 Å². The van der Waals surface area contributed by atoms with Gasteiger partial charge in [0.15, 0.2) is 0 Å². The summed E-state index contributed by atoms with van der Waals surface area (Å²) in [6, 6.07) is 5.14. The van der Waals surface area contributed by atoms with Gasteiger partial charge in [-0.25, -0.2) is 9.18 Å². The number of pyridine rings is 1. The molecule has 0 aliphatic rings. The number of hydrogen-bond acceptors (Lipinski definition) is 3. The monoisotopic (exact) mass is 299 g/mol. The zero-order valence-corrected chi connectivity index (χ0v) is 10.7. The van der Waals surface area contributed by atoms with Crippen LogP contribution in [0.25, 0.3) is 11.3 Å². The fraction of sp³-hybridized carbons (Fsp3) is 0.143. The largest absolute Gasteiger partial charge is 0.465 e. The molecule has 0 spiro atoms. The standard InChI is InChI=1S/C14H9F4NO2/c1-21-13(20)11-6-10(15)7-19-12(11)8-3-2-4-9(5-8)14(16,17)18/h2-7H,1H3. The molecule has 0 saturated carbocycles. The number of halogens is 4. The highest BCUT2D eigenvalue weighted by atomic mass is 19.4. The minimum atomic E-state index is -4.53. The van der Waals surface area contributed by atoms with Crippen molar-refractivity contribution in [3.8, 4) is 11.3 Å². The number of esters is 1. The molecule has 1 heterocycles. The van der Waals surface area contributed by atoms with E-state index in [1.54, 1.807) is 0 Å². The molecule has 0 radical (unpaired) electrons. The summed E-state index contributed by atoms with van der Waals surface area (Å²) in [5.41, 5.74) is -1.15. The van der Waals surface area contributed by atoms with Crippen molar-refractivity contribution >= 4 is 5.97 Å². The average molecular weight is 299 g/mol. The number of carbonyl (C=O) groups is 1. The van der Waals surface area contributed by atoms with Crippen molar-refractivity contribution in [1.29, 1.82) is 0 Å². The number of benzene rings is 1. The second-order valence-corrected chi connectivity index (χ2v) is 4.12. The van der Waals surface area contributed by atoms with Gasteiger partial charge in [0.2, 0.25) is 0 Å². The molecule has 0 saturated heterocycles. The summed E-state index contributed by atoms with van der Waals surface area (Å²) >= 11 is 0. The lowest BCUT2D eigenvalue weighted by atomic mass is 10.0. The molecule has 3 nitrogen and oxygen atoms in total. The van der Waals surface area contributed by atoms with Crippen LogP contribution in [0.5, 0.6) is 0 Å². The first kappa shape index (κ1) is 15.0. The van der Waals surface area contributed by atoms with Crippen molar-refractivity contribution in [3.05, 3.63) is 53.5 Å². The van der Waals surface area contributed by atoms with Crippen LogP contribution in [0.15, 0.2) is 36.5 Å². The van der Waals surface area contributed by atoms with E-state index in [-0.39, 0.29) is 16.8 Å². The summed E-state index contributed by atoms with van der Waals surface area (Å²) in [5, 5.41) is 0. The lowest BCUT2D eigenvalue weighted by Gasteiger charge is -2.10. The van der Waals surface area contributed by atoms with Crippen molar-refractivity contribution in [2.45, 2.75) is 6.18 Å². The molecule has 7 heteroatoms. The first-order chi connectivity index (χ1) is 9.82. The van der Waals surface area contributed by atoms with E-state index in [0.717, 1.165) is 31.5 Å². The molecule has 0 fully saturated rings. The van der Waals surface area contributed by atoms with Crippen LogP contribution in [0.3, 0.4) is 0 Å². The van der Waals surface area contributed by atoms with E-state index in [4.69, 9.17) is 0 Å². The van der Waals surface area contributed by atoms with E-state index >= 15 is 0 Å². The normalized spacial score (nSPS) is 11.3. The Balaban J connectivity index is 2.59. The lowest BCUT2D eigenvalue weighted by molar-refractivity contribution is -0.137. The molecular formula is C14H9F4NO2. The van der Waals surface area contributed by atoms with E-state index in [0.29, 0.717) is 0 Å². The highest BCUT2D eigenvalue weighted by molar-refractivity contribution is 5.96. The van der Waals surface area contributed by atoms with Gasteiger partial charge in [-0.05, 0) is 18.2 Å². The number of carbonyl (C=O) groups excluding carboxylic acids is 1. The third-order valence-electron chi connectivity index (χ3n) is 2.72. The number of methoxy groups -OCH3 is 1. The van der Waals surface area contributed by atoms with Crippen molar-refractivity contribution in [3.63, 3.8) is 0 Å². The minimum absolute atomic E-state index is 0.0465. The van der Waals surface area contributed by atoms with Crippen molar-refractivity contribution < 1.29 is 27.1 Å². The van der Waals surface area contributed by atoms with Crippen LogP contribution in [0.1, 0.15) is 15.9 Å². The Kier molecular flexibility index (Phi) is 3.93. The van der Waals surface area contributed by atoms with Gasteiger partial charge in [-0.2, -0.15) is 13.2 Å². The van der Waals surface area contributed by atoms with E-state index in [9.17, 15) is 22.4 Å². The molecule has 2 rings (SSSR count). The Morgan fingerprint density at radius 3 is 2.57 bits per heavy atom. The van der Waals surface area contributed by atoms with Crippen LogP contribution in [-0.2, 0) is 10.9 Å². The second-order valence-electron chi connectivity index (χ2n) is 4.12. The van der Waals surface area contributed by atoms with Crippen LogP contribution < -0.4 is 0 Å². The van der Waals surface area contributed by atoms with Crippen LogP contribution >= 0.6 is 0 Å². The topological polar surface area (TPSA) is 39.2 Å². The molecule has 0 unspecified atom stereocenters. The highest BCUT2D eigenvalue weighted by Crippen LogP contribution is 2.32. The summed E-state index contributed by atoms with van der Waals surface area (Å²) in [7, 11) is 1.09. The maximum absolute atomic E-state index is 13.2. The fourth-order valence-corrected chi connectivity index (χ4v) is 1.78. The second kappa shape index (κ2) is 5.51. The van der Waals surface area contributed by atoms with Crippen LogP contribution in [-0.4, -0.2) is 18.1 Å². The zero-order valence-electron chi connectivity index (χ0n) is 10.7. The van der Waals surface area contributed by atoms with Crippen LogP contribution in [0.4, 0.5) is 17.6 Å². The van der Waals surface area contributed by atoms with Gasteiger partial charge >= 0.3 is 12.1 Å². The van der Waals surface area contributed by atoms with E-state index in [1.165, 1.54) is 12.1 Å². The number of nitrogens with zero attached hydrogens (tertiary/aromatic N) is 1. The molecule has 0 atom stereocenters. The van der Waals surface area contributed by atoms with Crippen molar-refractivity contribution in [2.75, 3.05) is 7.11 Å². The molecule has 2 aromatic rings. The molecule has 0 aliphatic carbocycles. The molecule has 0 N–H and O–H groups in total. The number of hydrogen-bond donors (Lipinski definition) is 0. The average Bonchev–Trinajstić information content (AvgIpc) is 2.45. The highest BCUT2D eigenvalue weighted by Gasteiger charge is 2.31. The Morgan fingerprint density at radius 1 is 1.24 bits per heavy atom. The molecule has 1 aromatic carbocycles. The number of alkyl halides is 3. The van der Waals surface area contributed by atoms with E-state index in [2.05, 4.69) is 9.72 Å². The minimum Gasteiger partial charge on any atom is -0.465 e.